The van der Waals surface area contributed by atoms with Crippen LogP contribution in [0.5, 0.6) is 0 Å². The minimum absolute atomic E-state index is 0.0811. The van der Waals surface area contributed by atoms with Crippen LogP contribution in [0.2, 0.25) is 0 Å². The second-order valence-electron chi connectivity index (χ2n) is 19.6. The standard InChI is InChI=1S/C47H72O18/c1-21-26(13-14-57-21)27-11-12-29-28(39(27)50)10-9-25-15-31(30(49)19-47(25,29)5)61-36-16-32(54-6)43(22(2)58-36)63-37-17-33(55-7)44(23(3)59-37)64-38-18-34(56-8)45(24(4)60-38)65-46-42(53)41(52)40(51)35(20-48)62-46/h9,13-14,22-24,27-38,40-46,48-49,51-53H,10-12,15-20H2,1-8H3/t22-,23-,24-,27+,28?,29-,30+,31+,32+,33+,34+,35+,36+,37+,38-,40+,41-,42+,43-,44-,45-,46-,47-/m0/s1. The van der Waals surface area contributed by atoms with E-state index in [2.05, 4.69) is 13.0 Å². The number of aryl methyl sites for hydroxylation is 1. The number of hydrogen-bond donors (Lipinski definition) is 5. The number of carbonyl (C=O) groups excluding carboxylic acids is 1. The summed E-state index contributed by atoms with van der Waals surface area (Å²) in [6, 6.07) is 1.93. The van der Waals surface area contributed by atoms with Gasteiger partial charge in [-0.1, -0.05) is 18.6 Å². The summed E-state index contributed by atoms with van der Waals surface area (Å²) in [6.07, 6.45) is -6.91. The number of allylic oxidation sites excluding steroid dienone is 1. The summed E-state index contributed by atoms with van der Waals surface area (Å²) in [5, 5.41) is 52.3. The average Bonchev–Trinajstić information content (AvgIpc) is 3.71. The van der Waals surface area contributed by atoms with Crippen LogP contribution in [0, 0.1) is 24.2 Å². The summed E-state index contributed by atoms with van der Waals surface area (Å²) in [5.41, 5.74) is 1.95. The van der Waals surface area contributed by atoms with Crippen molar-refractivity contribution in [3.05, 3.63) is 35.3 Å². The summed E-state index contributed by atoms with van der Waals surface area (Å²) in [6.45, 7) is 9.11. The molecule has 4 aliphatic heterocycles. The van der Waals surface area contributed by atoms with Gasteiger partial charge in [0, 0.05) is 58.0 Å². The Morgan fingerprint density at radius 1 is 0.723 bits per heavy atom. The molecule has 0 aromatic carbocycles. The first-order valence-electron chi connectivity index (χ1n) is 23.5. The van der Waals surface area contributed by atoms with Gasteiger partial charge in [-0.15, -0.1) is 0 Å². The van der Waals surface area contributed by atoms with E-state index in [1.54, 1.807) is 27.4 Å². The molecule has 0 radical (unpaired) electrons. The number of carbonyl (C=O) groups is 1. The van der Waals surface area contributed by atoms with Gasteiger partial charge < -0.3 is 82.1 Å². The SMILES string of the molecule is CO[C@@H]1C[C@@H](O[C@@H]2CC3=CCC4C(=O)[C@@H](c5ccoc5C)CC[C@@H]4[C@@]3(C)C[C@H]2O)O[C@@H](C)[C@@H]1O[C@@H]1C[C@@H](OC)[C@@H](O[C@H]2C[C@@H](OC)[C@@H](O[C@@H]3O[C@H](CO)[C@@H](O)[C@H](O)[C@H]3O)[C@H](C)O2)[C@H](C)O1. The lowest BCUT2D eigenvalue weighted by Crippen LogP contribution is -2.62. The van der Waals surface area contributed by atoms with Crippen molar-refractivity contribution < 1.29 is 86.8 Å². The number of aliphatic hydroxyl groups is 5. The zero-order valence-electron chi connectivity index (χ0n) is 38.8. The van der Waals surface area contributed by atoms with E-state index in [-0.39, 0.29) is 35.4 Å². The Morgan fingerprint density at radius 2 is 1.28 bits per heavy atom. The molecule has 8 rings (SSSR count). The molecule has 368 valence electrons. The number of fused-ring (bicyclic) bond motifs is 3. The lowest BCUT2D eigenvalue weighted by molar-refractivity contribution is -0.357. The summed E-state index contributed by atoms with van der Waals surface area (Å²) in [7, 11) is 4.76. The normalized spacial score (nSPS) is 48.3. The molecule has 2 saturated carbocycles. The molecule has 18 heteroatoms. The third-order valence-electron chi connectivity index (χ3n) is 15.7. The molecule has 65 heavy (non-hydrogen) atoms. The van der Waals surface area contributed by atoms with E-state index in [1.807, 2.05) is 26.8 Å². The minimum Gasteiger partial charge on any atom is -0.469 e. The molecular formula is C47H72O18. The van der Waals surface area contributed by atoms with Crippen molar-refractivity contribution in [1.82, 2.24) is 0 Å². The summed E-state index contributed by atoms with van der Waals surface area (Å²) in [5.74, 6) is 1.04. The van der Waals surface area contributed by atoms with Gasteiger partial charge in [-0.25, -0.2) is 0 Å². The van der Waals surface area contributed by atoms with Crippen LogP contribution in [-0.2, 0) is 56.9 Å². The molecule has 6 fully saturated rings. The summed E-state index contributed by atoms with van der Waals surface area (Å²) >= 11 is 0. The smallest absolute Gasteiger partial charge is 0.187 e. The molecule has 23 atom stereocenters. The Hall–Kier alpha value is -1.95. The highest BCUT2D eigenvalue weighted by Crippen LogP contribution is 2.58. The average molecular weight is 925 g/mol. The molecular weight excluding hydrogens is 852 g/mol. The van der Waals surface area contributed by atoms with Crippen LogP contribution in [-0.4, -0.2) is 176 Å². The third kappa shape index (κ3) is 9.81. The molecule has 1 unspecified atom stereocenters. The van der Waals surface area contributed by atoms with Crippen LogP contribution in [0.4, 0.5) is 0 Å². The molecule has 0 spiro atoms. The number of methoxy groups -OCH3 is 3. The number of aliphatic hydroxyl groups excluding tert-OH is 5. The van der Waals surface area contributed by atoms with Gasteiger partial charge in [0.05, 0.1) is 61.7 Å². The second kappa shape index (κ2) is 20.6. The van der Waals surface area contributed by atoms with Crippen molar-refractivity contribution in [3.63, 3.8) is 0 Å². The van der Waals surface area contributed by atoms with Crippen LogP contribution < -0.4 is 0 Å². The van der Waals surface area contributed by atoms with Crippen molar-refractivity contribution in [1.29, 1.82) is 0 Å². The van der Waals surface area contributed by atoms with E-state index in [0.717, 1.165) is 24.2 Å². The van der Waals surface area contributed by atoms with Crippen LogP contribution >= 0.6 is 0 Å². The quantitative estimate of drug-likeness (QED) is 0.179. The Kier molecular flexibility index (Phi) is 15.7. The van der Waals surface area contributed by atoms with Crippen LogP contribution in [0.1, 0.15) is 96.3 Å². The highest BCUT2D eigenvalue weighted by Gasteiger charge is 2.55. The van der Waals surface area contributed by atoms with E-state index in [9.17, 15) is 30.3 Å². The van der Waals surface area contributed by atoms with E-state index < -0.39 is 123 Å². The summed E-state index contributed by atoms with van der Waals surface area (Å²) in [4.78, 5) is 13.9. The number of rotatable bonds is 13. The number of ketones is 1. The molecule has 1 aromatic rings. The maximum absolute atomic E-state index is 13.9. The monoisotopic (exact) mass is 924 g/mol. The van der Waals surface area contributed by atoms with Gasteiger partial charge in [-0.3, -0.25) is 4.79 Å². The first-order chi connectivity index (χ1) is 31.1. The molecule has 3 aliphatic carbocycles. The van der Waals surface area contributed by atoms with E-state index >= 15 is 0 Å². The number of hydrogen-bond acceptors (Lipinski definition) is 18. The predicted octanol–water partition coefficient (Wildman–Crippen LogP) is 2.55. The molecule has 5 heterocycles. The number of Topliss-reactive ketones (excluding diaryl/α,β-unsaturated/α-hetero) is 1. The maximum atomic E-state index is 13.9. The van der Waals surface area contributed by atoms with Gasteiger partial charge in [0.2, 0.25) is 0 Å². The van der Waals surface area contributed by atoms with E-state index in [4.69, 9.17) is 56.5 Å². The molecule has 1 aromatic heterocycles. The highest BCUT2D eigenvalue weighted by atomic mass is 16.8. The molecule has 18 nitrogen and oxygen atoms in total. The van der Waals surface area contributed by atoms with Crippen LogP contribution in [0.3, 0.4) is 0 Å². The Labute approximate surface area is 381 Å². The molecule has 5 N–H and O–H groups in total. The summed E-state index contributed by atoms with van der Waals surface area (Å²) < 4.78 is 73.7. The van der Waals surface area contributed by atoms with Gasteiger partial charge in [0.15, 0.2) is 25.2 Å². The van der Waals surface area contributed by atoms with Crippen LogP contribution in [0.15, 0.2) is 28.4 Å². The fraction of sp³-hybridized carbons (Fsp3) is 0.851. The minimum atomic E-state index is -1.59. The lowest BCUT2D eigenvalue weighted by Gasteiger charge is -2.54. The van der Waals surface area contributed by atoms with Crippen molar-refractivity contribution in [3.8, 4) is 0 Å². The molecule has 0 amide bonds. The van der Waals surface area contributed by atoms with Crippen molar-refractivity contribution >= 4 is 5.78 Å². The first kappa shape index (κ1) is 49.5. The van der Waals surface area contributed by atoms with E-state index in [0.29, 0.717) is 32.1 Å². The van der Waals surface area contributed by atoms with Crippen molar-refractivity contribution in [2.75, 3.05) is 27.9 Å². The Bertz CT molecular complexity index is 1770. The third-order valence-corrected chi connectivity index (χ3v) is 15.7. The van der Waals surface area contributed by atoms with E-state index in [1.165, 1.54) is 12.7 Å². The molecule has 7 aliphatic rings. The zero-order valence-corrected chi connectivity index (χ0v) is 38.8. The fourth-order valence-electron chi connectivity index (χ4n) is 12.1. The lowest BCUT2D eigenvalue weighted by atomic mass is 9.51. The Morgan fingerprint density at radius 3 is 1.80 bits per heavy atom. The van der Waals surface area contributed by atoms with Gasteiger partial charge >= 0.3 is 0 Å². The largest absolute Gasteiger partial charge is 0.469 e. The number of furan rings is 1. The molecule has 0 bridgehead atoms. The van der Waals surface area contributed by atoms with Crippen molar-refractivity contribution in [2.45, 2.75) is 209 Å². The zero-order chi connectivity index (χ0) is 46.5. The Balaban J connectivity index is 0.835. The van der Waals surface area contributed by atoms with Gasteiger partial charge in [-0.2, -0.15) is 0 Å². The second-order valence-corrected chi connectivity index (χ2v) is 19.6. The fourth-order valence-corrected chi connectivity index (χ4v) is 12.1. The van der Waals surface area contributed by atoms with Gasteiger partial charge in [0.25, 0.3) is 0 Å². The van der Waals surface area contributed by atoms with Crippen LogP contribution in [0.25, 0.3) is 0 Å². The highest BCUT2D eigenvalue weighted by molar-refractivity contribution is 5.89. The predicted molar refractivity (Wildman–Crippen MR) is 226 cm³/mol. The maximum Gasteiger partial charge on any atom is 0.187 e. The van der Waals surface area contributed by atoms with Gasteiger partial charge in [-0.05, 0) is 77.2 Å². The first-order valence-corrected chi connectivity index (χ1v) is 23.5. The van der Waals surface area contributed by atoms with Crippen molar-refractivity contribution in [2.24, 2.45) is 17.3 Å². The number of ether oxygens (including phenoxy) is 11. The molecule has 4 saturated heterocycles. The topological polar surface area (TPSA) is 233 Å². The van der Waals surface area contributed by atoms with Gasteiger partial charge in [0.1, 0.15) is 54.3 Å².